The standard InChI is InChI=1S/C16H14N2O5S.C12H14N2O5S/c19-14-7-10(12-9-23-15-4-2-1-3-11(12)15)5-6-13(14)18-8-16(20)17-24(18,21)22;15-11-5-8(9-3-4-19-7-9)1-2-10(11)14-6-12(16)13-20(14,17)18/h1-7,12,19H,8-9H2,(H,17,20);1-2,5,9,15H,3-4,6-7H2,(H,13,16). The highest BCUT2D eigenvalue weighted by Crippen LogP contribution is 2.41. The molecular formula is C28H28N4O10S2. The number of fused-ring (bicyclic) bond motifs is 1. The number of carbonyl (C=O) groups excluding carboxylic acids is 2. The van der Waals surface area contributed by atoms with Crippen molar-refractivity contribution in [2.75, 3.05) is 41.5 Å². The monoisotopic (exact) mass is 644 g/mol. The molecule has 44 heavy (non-hydrogen) atoms. The van der Waals surface area contributed by atoms with Crippen molar-refractivity contribution in [1.82, 2.24) is 9.44 Å². The van der Waals surface area contributed by atoms with Crippen LogP contribution in [0.2, 0.25) is 0 Å². The Kier molecular flexibility index (Phi) is 7.51. The second-order valence-corrected chi connectivity index (χ2v) is 13.7. The molecule has 4 aliphatic rings. The van der Waals surface area contributed by atoms with E-state index >= 15 is 0 Å². The van der Waals surface area contributed by atoms with Crippen molar-refractivity contribution >= 4 is 43.6 Å². The highest BCUT2D eigenvalue weighted by Gasteiger charge is 2.37. The van der Waals surface area contributed by atoms with Gasteiger partial charge < -0.3 is 19.7 Å². The first-order valence-corrected chi connectivity index (χ1v) is 16.4. The van der Waals surface area contributed by atoms with Gasteiger partial charge in [-0.05, 0) is 47.9 Å². The minimum atomic E-state index is -3.94. The number of amides is 2. The van der Waals surface area contributed by atoms with Gasteiger partial charge in [-0.3, -0.25) is 9.59 Å². The number of phenolic OH excluding ortho intramolecular Hbond substituents is 2. The summed E-state index contributed by atoms with van der Waals surface area (Å²) < 4.78 is 63.6. The number of anilines is 2. The predicted molar refractivity (Wildman–Crippen MR) is 157 cm³/mol. The van der Waals surface area contributed by atoms with E-state index < -0.39 is 32.2 Å². The molecule has 4 aliphatic heterocycles. The van der Waals surface area contributed by atoms with Crippen LogP contribution in [-0.2, 0) is 34.7 Å². The number of hydrogen-bond acceptors (Lipinski definition) is 10. The van der Waals surface area contributed by atoms with Crippen LogP contribution in [0.5, 0.6) is 17.2 Å². The number of aromatic hydroxyl groups is 2. The quantitative estimate of drug-likeness (QED) is 0.321. The zero-order valence-corrected chi connectivity index (χ0v) is 24.7. The molecule has 232 valence electrons. The Balaban J connectivity index is 0.000000159. The van der Waals surface area contributed by atoms with Crippen LogP contribution in [0.15, 0.2) is 60.7 Å². The Morgan fingerprint density at radius 2 is 1.32 bits per heavy atom. The molecule has 2 unspecified atom stereocenters. The molecule has 0 bridgehead atoms. The molecule has 3 aromatic rings. The molecule has 0 saturated carbocycles. The third-order valence-corrected chi connectivity index (χ3v) is 10.5. The maximum Gasteiger partial charge on any atom is 0.326 e. The lowest BCUT2D eigenvalue weighted by atomic mass is 9.93. The van der Waals surface area contributed by atoms with Gasteiger partial charge >= 0.3 is 20.4 Å². The van der Waals surface area contributed by atoms with Crippen molar-refractivity contribution in [3.8, 4) is 17.2 Å². The SMILES string of the molecule is O=C1CN(c2ccc(C3CCOC3)cc2O)S(=O)(=O)N1.O=C1CN(c2ccc(C3COc4ccccc43)cc2O)S(=O)(=O)N1. The van der Waals surface area contributed by atoms with Crippen molar-refractivity contribution in [2.24, 2.45) is 0 Å². The number of phenols is 2. The van der Waals surface area contributed by atoms with Crippen molar-refractivity contribution in [1.29, 1.82) is 0 Å². The normalized spacial score (nSPS) is 22.9. The van der Waals surface area contributed by atoms with E-state index in [0.717, 1.165) is 37.5 Å². The van der Waals surface area contributed by atoms with E-state index in [2.05, 4.69) is 0 Å². The van der Waals surface area contributed by atoms with Crippen molar-refractivity contribution < 1.29 is 46.1 Å². The summed E-state index contributed by atoms with van der Waals surface area (Å²) in [6.07, 6.45) is 0.876. The van der Waals surface area contributed by atoms with Crippen molar-refractivity contribution in [3.63, 3.8) is 0 Å². The van der Waals surface area contributed by atoms with Gasteiger partial charge in [0, 0.05) is 24.0 Å². The number of para-hydroxylation sites is 1. The third kappa shape index (κ3) is 5.58. The summed E-state index contributed by atoms with van der Waals surface area (Å²) in [7, 11) is -7.84. The van der Waals surface area contributed by atoms with Gasteiger partial charge in [0.2, 0.25) is 0 Å². The summed E-state index contributed by atoms with van der Waals surface area (Å²) in [4.78, 5) is 22.5. The molecule has 2 atom stereocenters. The lowest BCUT2D eigenvalue weighted by molar-refractivity contribution is -0.118. The summed E-state index contributed by atoms with van der Waals surface area (Å²) >= 11 is 0. The average molecular weight is 645 g/mol. The fourth-order valence-corrected chi connectivity index (χ4v) is 7.86. The van der Waals surface area contributed by atoms with Crippen molar-refractivity contribution in [2.45, 2.75) is 18.3 Å². The molecule has 4 heterocycles. The third-order valence-electron chi connectivity index (χ3n) is 7.68. The van der Waals surface area contributed by atoms with Crippen LogP contribution in [0, 0.1) is 0 Å². The summed E-state index contributed by atoms with van der Waals surface area (Å²) in [6.45, 7) is 1.08. The van der Waals surface area contributed by atoms with Gasteiger partial charge in [-0.15, -0.1) is 0 Å². The minimum Gasteiger partial charge on any atom is -0.506 e. The molecule has 3 fully saturated rings. The fraction of sp³-hybridized carbons (Fsp3) is 0.286. The van der Waals surface area contributed by atoms with Crippen LogP contribution < -0.4 is 22.8 Å². The van der Waals surface area contributed by atoms with E-state index in [9.17, 15) is 36.6 Å². The molecule has 0 radical (unpaired) electrons. The maximum absolute atomic E-state index is 11.9. The molecule has 3 aromatic carbocycles. The number of nitrogens with zero attached hydrogens (tertiary/aromatic N) is 2. The average Bonchev–Trinajstić information content (AvgIpc) is 3.75. The lowest BCUT2D eigenvalue weighted by Crippen LogP contribution is -2.29. The summed E-state index contributed by atoms with van der Waals surface area (Å²) in [6, 6.07) is 17.2. The smallest absolute Gasteiger partial charge is 0.326 e. The lowest BCUT2D eigenvalue weighted by Gasteiger charge is -2.18. The number of benzene rings is 3. The molecular weight excluding hydrogens is 616 g/mol. The van der Waals surface area contributed by atoms with E-state index in [1.54, 1.807) is 12.1 Å². The van der Waals surface area contributed by atoms with Gasteiger partial charge in [0.15, 0.2) is 0 Å². The first-order chi connectivity index (χ1) is 20.9. The molecule has 3 saturated heterocycles. The second-order valence-electron chi connectivity index (χ2n) is 10.5. The molecule has 16 heteroatoms. The first-order valence-electron chi connectivity index (χ1n) is 13.5. The van der Waals surface area contributed by atoms with Gasteiger partial charge in [-0.1, -0.05) is 30.3 Å². The fourth-order valence-electron chi connectivity index (χ4n) is 5.53. The van der Waals surface area contributed by atoms with Crippen LogP contribution in [0.3, 0.4) is 0 Å². The molecule has 7 rings (SSSR count). The summed E-state index contributed by atoms with van der Waals surface area (Å²) in [5, 5.41) is 20.3. The van der Waals surface area contributed by atoms with E-state index in [4.69, 9.17) is 9.47 Å². The van der Waals surface area contributed by atoms with Crippen molar-refractivity contribution in [3.05, 3.63) is 77.4 Å². The van der Waals surface area contributed by atoms with Gasteiger partial charge in [0.25, 0.3) is 11.8 Å². The van der Waals surface area contributed by atoms with Gasteiger partial charge in [0.05, 0.1) is 24.6 Å². The van der Waals surface area contributed by atoms with E-state index in [0.29, 0.717) is 19.8 Å². The Bertz CT molecular complexity index is 1860. The zero-order chi connectivity index (χ0) is 31.2. The minimum absolute atomic E-state index is 0.0314. The summed E-state index contributed by atoms with van der Waals surface area (Å²) in [5.41, 5.74) is 2.92. The number of hydrogen-bond donors (Lipinski definition) is 4. The Labute approximate surface area is 253 Å². The first kappa shape index (κ1) is 29.5. The molecule has 0 spiro atoms. The van der Waals surface area contributed by atoms with E-state index in [1.165, 1.54) is 24.3 Å². The van der Waals surface area contributed by atoms with E-state index in [1.807, 2.05) is 33.7 Å². The maximum atomic E-state index is 11.9. The Hall–Kier alpha value is -4.54. The van der Waals surface area contributed by atoms with Crippen LogP contribution in [0.4, 0.5) is 11.4 Å². The van der Waals surface area contributed by atoms with Crippen LogP contribution in [0.25, 0.3) is 0 Å². The molecule has 0 aliphatic carbocycles. The van der Waals surface area contributed by atoms with Gasteiger partial charge in [-0.25, -0.2) is 18.1 Å². The number of carbonyl (C=O) groups is 2. The topological polar surface area (TPSA) is 192 Å². The Morgan fingerprint density at radius 1 is 0.750 bits per heavy atom. The second kappa shape index (κ2) is 11.2. The number of ether oxygens (including phenoxy) is 2. The molecule has 2 amide bonds. The molecule has 14 nitrogen and oxygen atoms in total. The van der Waals surface area contributed by atoms with Gasteiger partial charge in [0.1, 0.15) is 30.3 Å². The zero-order valence-electron chi connectivity index (χ0n) is 23.0. The largest absolute Gasteiger partial charge is 0.506 e. The van der Waals surface area contributed by atoms with Crippen LogP contribution in [0.1, 0.15) is 34.9 Å². The predicted octanol–water partition coefficient (Wildman–Crippen LogP) is 1.17. The highest BCUT2D eigenvalue weighted by atomic mass is 32.2. The summed E-state index contributed by atoms with van der Waals surface area (Å²) in [5.74, 6) is -0.607. The molecule has 0 aromatic heterocycles. The van der Waals surface area contributed by atoms with Crippen LogP contribution in [-0.4, -0.2) is 71.8 Å². The molecule has 4 N–H and O–H groups in total. The number of rotatable bonds is 4. The van der Waals surface area contributed by atoms with Gasteiger partial charge in [-0.2, -0.15) is 16.8 Å². The van der Waals surface area contributed by atoms with Crippen LogP contribution >= 0.6 is 0 Å². The Morgan fingerprint density at radius 3 is 1.84 bits per heavy atom. The number of nitrogens with one attached hydrogen (secondary N) is 2. The highest BCUT2D eigenvalue weighted by molar-refractivity contribution is 7.92. The van der Waals surface area contributed by atoms with E-state index in [-0.39, 0.29) is 47.8 Å².